The molecule has 0 saturated heterocycles. The summed E-state index contributed by atoms with van der Waals surface area (Å²) in [6.07, 6.45) is 4.36. The molecule has 0 aliphatic heterocycles. The molecule has 2 N–H and O–H groups in total. The summed E-state index contributed by atoms with van der Waals surface area (Å²) in [4.78, 5) is 29.1. The Morgan fingerprint density at radius 1 is 0.972 bits per heavy atom. The van der Waals surface area contributed by atoms with Gasteiger partial charge in [-0.05, 0) is 66.4 Å². The van der Waals surface area contributed by atoms with Gasteiger partial charge in [0.25, 0.3) is 5.91 Å². The van der Waals surface area contributed by atoms with Crippen molar-refractivity contribution in [2.45, 2.75) is 26.3 Å². The third-order valence-corrected chi connectivity index (χ3v) is 5.95. The van der Waals surface area contributed by atoms with Crippen LogP contribution in [0.25, 0.3) is 0 Å². The number of methoxy groups -OCH3 is 1. The van der Waals surface area contributed by atoms with Crippen molar-refractivity contribution in [3.8, 4) is 5.75 Å². The van der Waals surface area contributed by atoms with E-state index in [0.717, 1.165) is 28.1 Å². The Balaban J connectivity index is 1.28. The molecule has 0 radical (unpaired) electrons. The minimum Gasteiger partial charge on any atom is -0.497 e. The second-order valence-corrected chi connectivity index (χ2v) is 8.87. The van der Waals surface area contributed by atoms with Crippen LogP contribution in [-0.4, -0.2) is 28.5 Å². The Kier molecular flexibility index (Phi) is 8.02. The lowest BCUT2D eigenvalue weighted by molar-refractivity contribution is -0.116. The second kappa shape index (κ2) is 11.6. The predicted molar refractivity (Wildman–Crippen MR) is 142 cm³/mol. The molecule has 0 atom stereocenters. The topological polar surface area (TPSA) is 85.2 Å². The van der Waals surface area contributed by atoms with Crippen LogP contribution in [0.1, 0.15) is 33.6 Å². The number of halogens is 1. The molecule has 1 aromatic heterocycles. The van der Waals surface area contributed by atoms with Gasteiger partial charge in [0.05, 0.1) is 13.4 Å². The highest BCUT2D eigenvalue weighted by Crippen LogP contribution is 2.21. The van der Waals surface area contributed by atoms with Gasteiger partial charge in [0, 0.05) is 35.6 Å². The van der Waals surface area contributed by atoms with Gasteiger partial charge in [-0.25, -0.2) is 4.98 Å². The van der Waals surface area contributed by atoms with Gasteiger partial charge in [-0.15, -0.1) is 0 Å². The van der Waals surface area contributed by atoms with E-state index in [0.29, 0.717) is 35.8 Å². The summed E-state index contributed by atoms with van der Waals surface area (Å²) >= 11 is 6.03. The number of anilines is 2. The third kappa shape index (κ3) is 6.73. The number of carbonyl (C=O) groups is 2. The number of carbonyl (C=O) groups excluding carboxylic acids is 2. The minimum atomic E-state index is -0.299. The first-order chi connectivity index (χ1) is 17.4. The lowest BCUT2D eigenvalue weighted by Gasteiger charge is -2.08. The van der Waals surface area contributed by atoms with E-state index in [1.165, 1.54) is 0 Å². The zero-order chi connectivity index (χ0) is 25.5. The maximum Gasteiger partial charge on any atom is 0.275 e. The molecule has 4 aromatic rings. The molecule has 1 heterocycles. The first-order valence-corrected chi connectivity index (χ1v) is 11.9. The molecule has 0 saturated carbocycles. The summed E-state index contributed by atoms with van der Waals surface area (Å²) in [5.74, 6) is 0.455. The molecule has 2 amide bonds. The van der Waals surface area contributed by atoms with Gasteiger partial charge < -0.3 is 19.9 Å². The largest absolute Gasteiger partial charge is 0.497 e. The van der Waals surface area contributed by atoms with Gasteiger partial charge >= 0.3 is 0 Å². The van der Waals surface area contributed by atoms with Gasteiger partial charge in [0.2, 0.25) is 5.91 Å². The summed E-state index contributed by atoms with van der Waals surface area (Å²) in [6, 6.07) is 20.7. The fraction of sp³-hybridized carbons (Fsp3) is 0.179. The highest BCUT2D eigenvalue weighted by Gasteiger charge is 2.12. The summed E-state index contributed by atoms with van der Waals surface area (Å²) in [5.41, 5.74) is 4.72. The van der Waals surface area contributed by atoms with Crippen LogP contribution in [0.4, 0.5) is 11.4 Å². The van der Waals surface area contributed by atoms with Gasteiger partial charge in [0.15, 0.2) is 0 Å². The van der Waals surface area contributed by atoms with Crippen LogP contribution in [0.5, 0.6) is 5.75 Å². The smallest absolute Gasteiger partial charge is 0.275 e. The first kappa shape index (κ1) is 25.0. The van der Waals surface area contributed by atoms with Crippen molar-refractivity contribution in [2.75, 3.05) is 17.7 Å². The molecule has 0 aliphatic carbocycles. The monoisotopic (exact) mass is 502 g/mol. The zero-order valence-corrected chi connectivity index (χ0v) is 20.9. The third-order valence-electron chi connectivity index (χ3n) is 5.72. The molecular weight excluding hydrogens is 476 g/mol. The highest BCUT2D eigenvalue weighted by atomic mass is 35.5. The summed E-state index contributed by atoms with van der Waals surface area (Å²) in [5, 5.41) is 6.34. The molecule has 0 spiro atoms. The number of hydrogen-bond acceptors (Lipinski definition) is 4. The van der Waals surface area contributed by atoms with Crippen LogP contribution in [0.3, 0.4) is 0 Å². The average molecular weight is 503 g/mol. The number of nitrogens with zero attached hydrogens (tertiary/aromatic N) is 2. The van der Waals surface area contributed by atoms with Crippen molar-refractivity contribution in [2.24, 2.45) is 0 Å². The van der Waals surface area contributed by atoms with Gasteiger partial charge in [-0.2, -0.15) is 0 Å². The number of imidazole rings is 1. The molecule has 3 aromatic carbocycles. The fourth-order valence-electron chi connectivity index (χ4n) is 3.66. The van der Waals surface area contributed by atoms with E-state index >= 15 is 0 Å². The van der Waals surface area contributed by atoms with Gasteiger partial charge in [0.1, 0.15) is 11.4 Å². The van der Waals surface area contributed by atoms with Crippen LogP contribution in [0, 0.1) is 6.92 Å². The summed E-state index contributed by atoms with van der Waals surface area (Å²) in [7, 11) is 1.63. The average Bonchev–Trinajstić information content (AvgIpc) is 3.35. The van der Waals surface area contributed by atoms with Crippen LogP contribution < -0.4 is 15.4 Å². The van der Waals surface area contributed by atoms with E-state index in [4.69, 9.17) is 16.3 Å². The van der Waals surface area contributed by atoms with E-state index < -0.39 is 0 Å². The quantitative estimate of drug-likeness (QED) is 0.306. The molecule has 0 unspecified atom stereocenters. The van der Waals surface area contributed by atoms with Crippen LogP contribution in [-0.2, 0) is 17.8 Å². The molecule has 0 fully saturated rings. The Morgan fingerprint density at radius 3 is 2.42 bits per heavy atom. The molecule has 0 aliphatic rings. The number of nitrogens with one attached hydrogen (secondary N) is 2. The van der Waals surface area contributed by atoms with Gasteiger partial charge in [-0.1, -0.05) is 41.9 Å². The lowest BCUT2D eigenvalue weighted by Crippen LogP contribution is -2.13. The highest BCUT2D eigenvalue weighted by molar-refractivity contribution is 6.31. The van der Waals surface area contributed by atoms with E-state index in [1.807, 2.05) is 66.1 Å². The van der Waals surface area contributed by atoms with Crippen molar-refractivity contribution >= 4 is 34.8 Å². The SMILES string of the molecule is COc1ccc(CCC(=O)Nc2ccc(Cn3cnc(C(=O)Nc4cc(Cl)ccc4C)c3)cc2)cc1. The van der Waals surface area contributed by atoms with Crippen molar-refractivity contribution in [1.29, 1.82) is 0 Å². The van der Waals surface area contributed by atoms with Crippen molar-refractivity contribution in [3.63, 3.8) is 0 Å². The molecule has 184 valence electrons. The fourth-order valence-corrected chi connectivity index (χ4v) is 3.83. The Morgan fingerprint density at radius 2 is 1.69 bits per heavy atom. The number of rotatable bonds is 9. The van der Waals surface area contributed by atoms with E-state index in [9.17, 15) is 9.59 Å². The Bertz CT molecular complexity index is 1350. The molecule has 36 heavy (non-hydrogen) atoms. The lowest BCUT2D eigenvalue weighted by atomic mass is 10.1. The molecule has 4 rings (SSSR count). The van der Waals surface area contributed by atoms with Gasteiger partial charge in [-0.3, -0.25) is 9.59 Å². The van der Waals surface area contributed by atoms with Crippen molar-refractivity contribution in [1.82, 2.24) is 9.55 Å². The zero-order valence-electron chi connectivity index (χ0n) is 20.1. The standard InChI is InChI=1S/C28H27ClN4O3/c1-19-3-9-22(29)15-25(19)32-28(35)26-17-33(18-30-26)16-21-4-10-23(11-5-21)31-27(34)14-8-20-6-12-24(36-2)13-7-20/h3-7,9-13,15,17-18H,8,14,16H2,1-2H3,(H,31,34)(H,32,35). The van der Waals surface area contributed by atoms with Crippen molar-refractivity contribution in [3.05, 3.63) is 107 Å². The van der Waals surface area contributed by atoms with E-state index in [1.54, 1.807) is 31.8 Å². The number of amides is 2. The Hall–Kier alpha value is -4.10. The molecule has 0 bridgehead atoms. The maximum absolute atomic E-state index is 12.6. The van der Waals surface area contributed by atoms with Crippen molar-refractivity contribution < 1.29 is 14.3 Å². The molecular formula is C28H27ClN4O3. The summed E-state index contributed by atoms with van der Waals surface area (Å²) in [6.45, 7) is 2.44. The number of aryl methyl sites for hydroxylation is 2. The molecule has 7 nitrogen and oxygen atoms in total. The van der Waals surface area contributed by atoms with Crippen LogP contribution in [0.2, 0.25) is 5.02 Å². The molecule has 8 heteroatoms. The van der Waals surface area contributed by atoms with E-state index in [2.05, 4.69) is 15.6 Å². The van der Waals surface area contributed by atoms with Crippen LogP contribution >= 0.6 is 11.6 Å². The normalized spacial score (nSPS) is 10.6. The Labute approximate surface area is 215 Å². The van der Waals surface area contributed by atoms with Crippen LogP contribution in [0.15, 0.2) is 79.3 Å². The number of aromatic nitrogens is 2. The number of ether oxygens (including phenoxy) is 1. The summed E-state index contributed by atoms with van der Waals surface area (Å²) < 4.78 is 6.99. The maximum atomic E-state index is 12.6. The minimum absolute atomic E-state index is 0.0428. The first-order valence-electron chi connectivity index (χ1n) is 11.5. The number of benzene rings is 3. The predicted octanol–water partition coefficient (Wildman–Crippen LogP) is 5.73. The second-order valence-electron chi connectivity index (χ2n) is 8.44. The van der Waals surface area contributed by atoms with E-state index in [-0.39, 0.29) is 11.8 Å². The number of hydrogen-bond donors (Lipinski definition) is 2.